The number of benzene rings is 1. The Kier molecular flexibility index (Phi) is 3.38. The van der Waals surface area contributed by atoms with Crippen LogP contribution in [0.1, 0.15) is 16.1 Å². The second-order valence-electron chi connectivity index (χ2n) is 4.18. The van der Waals surface area contributed by atoms with Gasteiger partial charge in [-0.2, -0.15) is 5.10 Å². The molecule has 20 heavy (non-hydrogen) atoms. The van der Waals surface area contributed by atoms with Crippen LogP contribution in [-0.2, 0) is 7.05 Å². The number of hydrogen-bond donors (Lipinski definition) is 2. The van der Waals surface area contributed by atoms with Crippen LogP contribution >= 0.6 is 0 Å². The molecule has 0 unspecified atom stereocenters. The van der Waals surface area contributed by atoms with Gasteiger partial charge in [-0.3, -0.25) is 19.6 Å². The van der Waals surface area contributed by atoms with E-state index in [4.69, 9.17) is 0 Å². The first kappa shape index (κ1) is 13.5. The first-order valence-corrected chi connectivity index (χ1v) is 5.67. The fraction of sp³-hybridized carbons (Fsp3) is 0.167. The van der Waals surface area contributed by atoms with Crippen molar-refractivity contribution in [1.29, 1.82) is 0 Å². The van der Waals surface area contributed by atoms with Gasteiger partial charge >= 0.3 is 0 Å². The molecule has 2 N–H and O–H groups in total. The second-order valence-corrected chi connectivity index (χ2v) is 4.18. The molecule has 0 bridgehead atoms. The number of nitrogens with one attached hydrogen (secondary N) is 1. The van der Waals surface area contributed by atoms with Crippen molar-refractivity contribution in [1.82, 2.24) is 9.78 Å². The highest BCUT2D eigenvalue weighted by atomic mass is 16.6. The molecule has 0 spiro atoms. The van der Waals surface area contributed by atoms with E-state index in [-0.39, 0.29) is 17.1 Å². The number of phenolic OH excluding ortho intramolecular Hbond substituents is 1. The molecule has 0 aliphatic heterocycles. The second kappa shape index (κ2) is 5.00. The number of aryl methyl sites for hydroxylation is 1. The van der Waals surface area contributed by atoms with Crippen LogP contribution in [0, 0.1) is 17.0 Å². The van der Waals surface area contributed by atoms with E-state index in [1.165, 1.54) is 18.3 Å². The summed E-state index contributed by atoms with van der Waals surface area (Å²) in [4.78, 5) is 21.9. The molecule has 1 amide bonds. The fourth-order valence-electron chi connectivity index (χ4n) is 1.65. The van der Waals surface area contributed by atoms with Crippen LogP contribution in [0.4, 0.5) is 11.4 Å². The number of aromatic hydroxyl groups is 1. The third-order valence-corrected chi connectivity index (χ3v) is 2.92. The highest BCUT2D eigenvalue weighted by Crippen LogP contribution is 2.28. The summed E-state index contributed by atoms with van der Waals surface area (Å²) >= 11 is 0. The van der Waals surface area contributed by atoms with Crippen LogP contribution in [0.25, 0.3) is 0 Å². The number of phenols is 1. The predicted octanol–water partition coefficient (Wildman–Crippen LogP) is 1.59. The molecule has 0 saturated carbocycles. The molecule has 104 valence electrons. The molecule has 1 heterocycles. The topological polar surface area (TPSA) is 110 Å². The SMILES string of the molecule is Cc1c(C(=O)Nc2ccc([N+](=O)[O-])cc2O)cnn1C. The molecule has 8 heteroatoms. The van der Waals surface area contributed by atoms with Gasteiger partial charge in [-0.25, -0.2) is 0 Å². The molecular weight excluding hydrogens is 264 g/mol. The molecule has 0 fully saturated rings. The molecule has 0 saturated heterocycles. The number of carbonyl (C=O) groups excluding carboxylic acids is 1. The maximum Gasteiger partial charge on any atom is 0.273 e. The summed E-state index contributed by atoms with van der Waals surface area (Å²) in [5, 5.41) is 26.6. The average molecular weight is 276 g/mol. The van der Waals surface area contributed by atoms with Crippen molar-refractivity contribution in [3.8, 4) is 5.75 Å². The lowest BCUT2D eigenvalue weighted by molar-refractivity contribution is -0.384. The summed E-state index contributed by atoms with van der Waals surface area (Å²) in [6.45, 7) is 1.73. The zero-order valence-electron chi connectivity index (χ0n) is 10.8. The zero-order chi connectivity index (χ0) is 14.9. The number of rotatable bonds is 3. The molecule has 0 aliphatic rings. The number of nitro benzene ring substituents is 1. The molecule has 0 atom stereocenters. The summed E-state index contributed by atoms with van der Waals surface area (Å²) in [6.07, 6.45) is 1.41. The van der Waals surface area contributed by atoms with Gasteiger partial charge in [0.2, 0.25) is 0 Å². The Bertz CT molecular complexity index is 693. The van der Waals surface area contributed by atoms with E-state index in [0.717, 1.165) is 6.07 Å². The summed E-state index contributed by atoms with van der Waals surface area (Å²) in [7, 11) is 1.70. The maximum atomic E-state index is 12.0. The predicted molar refractivity (Wildman–Crippen MR) is 70.7 cm³/mol. The minimum Gasteiger partial charge on any atom is -0.506 e. The summed E-state index contributed by atoms with van der Waals surface area (Å²) in [5.74, 6) is -0.811. The number of nitrogens with zero attached hydrogens (tertiary/aromatic N) is 3. The van der Waals surface area contributed by atoms with E-state index < -0.39 is 10.8 Å². The maximum absolute atomic E-state index is 12.0. The highest BCUT2D eigenvalue weighted by molar-refractivity contribution is 6.05. The number of carbonyl (C=O) groups is 1. The van der Waals surface area contributed by atoms with E-state index >= 15 is 0 Å². The molecule has 0 radical (unpaired) electrons. The minimum absolute atomic E-state index is 0.101. The highest BCUT2D eigenvalue weighted by Gasteiger charge is 2.16. The standard InChI is InChI=1S/C12H12N4O4/c1-7-9(6-13-15(7)2)12(18)14-10-4-3-8(16(19)20)5-11(10)17/h3-6,17H,1-2H3,(H,14,18). The van der Waals surface area contributed by atoms with Crippen molar-refractivity contribution in [3.05, 3.63) is 45.8 Å². The van der Waals surface area contributed by atoms with Crippen LogP contribution in [0.5, 0.6) is 5.75 Å². The van der Waals surface area contributed by atoms with Crippen molar-refractivity contribution in [3.63, 3.8) is 0 Å². The Hall–Kier alpha value is -2.90. The number of amides is 1. The molecule has 2 aromatic rings. The molecule has 2 rings (SSSR count). The summed E-state index contributed by atoms with van der Waals surface area (Å²) in [6, 6.07) is 3.45. The number of non-ortho nitro benzene ring substituents is 1. The van der Waals surface area contributed by atoms with E-state index in [1.807, 2.05) is 0 Å². The van der Waals surface area contributed by atoms with Gasteiger partial charge in [0, 0.05) is 18.8 Å². The van der Waals surface area contributed by atoms with Crippen molar-refractivity contribution < 1.29 is 14.8 Å². The van der Waals surface area contributed by atoms with E-state index in [2.05, 4.69) is 10.4 Å². The van der Waals surface area contributed by atoms with Crippen LogP contribution in [0.2, 0.25) is 0 Å². The van der Waals surface area contributed by atoms with Gasteiger partial charge in [0.25, 0.3) is 11.6 Å². The van der Waals surface area contributed by atoms with Crippen LogP contribution < -0.4 is 5.32 Å². The van der Waals surface area contributed by atoms with Crippen molar-refractivity contribution in [2.75, 3.05) is 5.32 Å². The summed E-state index contributed by atoms with van der Waals surface area (Å²) in [5.41, 5.74) is 0.885. The third-order valence-electron chi connectivity index (χ3n) is 2.92. The van der Waals surface area contributed by atoms with Crippen molar-refractivity contribution in [2.24, 2.45) is 7.05 Å². The van der Waals surface area contributed by atoms with Gasteiger partial charge in [-0.1, -0.05) is 0 Å². The quantitative estimate of drug-likeness (QED) is 0.502. The molecule has 8 nitrogen and oxygen atoms in total. The van der Waals surface area contributed by atoms with E-state index in [9.17, 15) is 20.0 Å². The van der Waals surface area contributed by atoms with Gasteiger partial charge in [0.1, 0.15) is 5.75 Å². The fourth-order valence-corrected chi connectivity index (χ4v) is 1.65. The van der Waals surface area contributed by atoms with Crippen LogP contribution in [-0.4, -0.2) is 25.7 Å². The van der Waals surface area contributed by atoms with Crippen molar-refractivity contribution >= 4 is 17.3 Å². The first-order valence-electron chi connectivity index (χ1n) is 5.67. The normalized spacial score (nSPS) is 10.3. The Balaban J connectivity index is 2.24. The summed E-state index contributed by atoms with van der Waals surface area (Å²) < 4.78 is 1.55. The van der Waals surface area contributed by atoms with Crippen LogP contribution in [0.3, 0.4) is 0 Å². The average Bonchev–Trinajstić information content (AvgIpc) is 2.72. The smallest absolute Gasteiger partial charge is 0.273 e. The lowest BCUT2D eigenvalue weighted by atomic mass is 10.2. The minimum atomic E-state index is -0.628. The zero-order valence-corrected chi connectivity index (χ0v) is 10.8. The number of aromatic nitrogens is 2. The number of nitro groups is 1. The van der Waals surface area contributed by atoms with Crippen LogP contribution in [0.15, 0.2) is 24.4 Å². The van der Waals surface area contributed by atoms with Gasteiger partial charge in [0.15, 0.2) is 0 Å². The lowest BCUT2D eigenvalue weighted by Crippen LogP contribution is -2.13. The van der Waals surface area contributed by atoms with Gasteiger partial charge < -0.3 is 10.4 Å². The Labute approximate surface area is 113 Å². The van der Waals surface area contributed by atoms with E-state index in [1.54, 1.807) is 18.7 Å². The van der Waals surface area contributed by atoms with Gasteiger partial charge in [-0.15, -0.1) is 0 Å². The monoisotopic (exact) mass is 276 g/mol. The lowest BCUT2D eigenvalue weighted by Gasteiger charge is -2.06. The largest absolute Gasteiger partial charge is 0.506 e. The number of anilines is 1. The van der Waals surface area contributed by atoms with Crippen molar-refractivity contribution in [2.45, 2.75) is 6.92 Å². The third kappa shape index (κ3) is 2.44. The number of hydrogen-bond acceptors (Lipinski definition) is 5. The van der Waals surface area contributed by atoms with E-state index in [0.29, 0.717) is 11.3 Å². The molecular formula is C12H12N4O4. The molecule has 0 aliphatic carbocycles. The first-order chi connectivity index (χ1) is 9.40. The van der Waals surface area contributed by atoms with Gasteiger partial charge in [-0.05, 0) is 13.0 Å². The van der Waals surface area contributed by atoms with Gasteiger partial charge in [0.05, 0.1) is 28.4 Å². The Morgan fingerprint density at radius 1 is 1.50 bits per heavy atom. The molecule has 1 aromatic carbocycles. The Morgan fingerprint density at radius 2 is 2.20 bits per heavy atom. The Morgan fingerprint density at radius 3 is 2.70 bits per heavy atom. The molecule has 1 aromatic heterocycles.